The number of aryl methyl sites for hydroxylation is 1. The Balaban J connectivity index is 2.28. The van der Waals surface area contributed by atoms with Crippen LogP contribution >= 0.6 is 11.6 Å². The van der Waals surface area contributed by atoms with Gasteiger partial charge < -0.3 is 0 Å². The lowest BCUT2D eigenvalue weighted by Gasteiger charge is -2.06. The molecule has 0 unspecified atom stereocenters. The topological polar surface area (TPSA) is 30.2 Å². The average molecular weight is 244 g/mol. The Morgan fingerprint density at radius 3 is 2.65 bits per heavy atom. The van der Waals surface area contributed by atoms with Gasteiger partial charge in [0.05, 0.1) is 11.9 Å². The van der Waals surface area contributed by atoms with Crippen LogP contribution in [0.3, 0.4) is 0 Å². The van der Waals surface area contributed by atoms with Gasteiger partial charge in [-0.3, -0.25) is 0 Å². The van der Waals surface area contributed by atoms with E-state index in [1.807, 2.05) is 47.8 Å². The molecule has 0 spiro atoms. The van der Waals surface area contributed by atoms with Crippen molar-refractivity contribution < 1.29 is 0 Å². The van der Waals surface area contributed by atoms with E-state index >= 15 is 0 Å². The largest absolute Gasteiger partial charge is 0.234 e. The highest BCUT2D eigenvalue weighted by Gasteiger charge is 2.06. The molecule has 0 bridgehead atoms. The molecule has 1 aromatic carbocycles. The molecular formula is C13H10ClN3. The standard InChI is InChI=1S/C13H10ClN3/c1-9-8-12(10-2-4-11(14)5-3-10)17-13(16-9)6-7-15-17/h2-8H,1H3. The fourth-order valence-corrected chi connectivity index (χ4v) is 1.99. The fourth-order valence-electron chi connectivity index (χ4n) is 1.86. The van der Waals surface area contributed by atoms with E-state index in [0.717, 1.165) is 27.6 Å². The Kier molecular flexibility index (Phi) is 2.34. The quantitative estimate of drug-likeness (QED) is 0.656. The summed E-state index contributed by atoms with van der Waals surface area (Å²) >= 11 is 5.89. The van der Waals surface area contributed by atoms with Crippen LogP contribution in [0.1, 0.15) is 5.69 Å². The molecule has 0 amide bonds. The summed E-state index contributed by atoms with van der Waals surface area (Å²) in [7, 11) is 0. The summed E-state index contributed by atoms with van der Waals surface area (Å²) in [5, 5.41) is 5.01. The first-order chi connectivity index (χ1) is 8.24. The van der Waals surface area contributed by atoms with Gasteiger partial charge in [-0.2, -0.15) is 5.10 Å². The van der Waals surface area contributed by atoms with Crippen molar-refractivity contribution in [1.82, 2.24) is 14.6 Å². The van der Waals surface area contributed by atoms with Crippen LogP contribution in [0.25, 0.3) is 16.9 Å². The summed E-state index contributed by atoms with van der Waals surface area (Å²) < 4.78 is 1.83. The number of halogens is 1. The number of aromatic nitrogens is 3. The molecule has 0 fully saturated rings. The number of hydrogen-bond acceptors (Lipinski definition) is 2. The van der Waals surface area contributed by atoms with Gasteiger partial charge in [0.25, 0.3) is 0 Å². The monoisotopic (exact) mass is 243 g/mol. The molecule has 84 valence electrons. The predicted octanol–water partition coefficient (Wildman–Crippen LogP) is 3.36. The number of benzene rings is 1. The van der Waals surface area contributed by atoms with Crippen molar-refractivity contribution in [1.29, 1.82) is 0 Å². The van der Waals surface area contributed by atoms with E-state index in [-0.39, 0.29) is 0 Å². The molecule has 3 aromatic rings. The van der Waals surface area contributed by atoms with E-state index in [2.05, 4.69) is 10.1 Å². The third-order valence-corrected chi connectivity index (χ3v) is 2.88. The molecular weight excluding hydrogens is 234 g/mol. The van der Waals surface area contributed by atoms with E-state index in [4.69, 9.17) is 11.6 Å². The van der Waals surface area contributed by atoms with Crippen LogP contribution in [0.2, 0.25) is 5.02 Å². The number of fused-ring (bicyclic) bond motifs is 1. The van der Waals surface area contributed by atoms with Gasteiger partial charge in [0.2, 0.25) is 0 Å². The van der Waals surface area contributed by atoms with Gasteiger partial charge in [0.1, 0.15) is 0 Å². The molecule has 0 saturated heterocycles. The second-order valence-electron chi connectivity index (χ2n) is 3.89. The lowest BCUT2D eigenvalue weighted by molar-refractivity contribution is 0.938. The lowest BCUT2D eigenvalue weighted by Crippen LogP contribution is -1.97. The number of rotatable bonds is 1. The first kappa shape index (κ1) is 10.3. The molecule has 3 nitrogen and oxygen atoms in total. The van der Waals surface area contributed by atoms with Crippen molar-refractivity contribution >= 4 is 17.2 Å². The Bertz CT molecular complexity index is 671. The number of nitrogens with zero attached hydrogens (tertiary/aromatic N) is 3. The summed E-state index contributed by atoms with van der Waals surface area (Å²) in [6.07, 6.45) is 1.75. The molecule has 0 aliphatic rings. The minimum atomic E-state index is 0.733. The SMILES string of the molecule is Cc1cc(-c2ccc(Cl)cc2)n2nccc2n1. The molecule has 0 radical (unpaired) electrons. The summed E-state index contributed by atoms with van der Waals surface area (Å²) in [4.78, 5) is 4.41. The van der Waals surface area contributed by atoms with Gasteiger partial charge in [0.15, 0.2) is 5.65 Å². The molecule has 0 saturated carbocycles. The van der Waals surface area contributed by atoms with E-state index in [9.17, 15) is 0 Å². The van der Waals surface area contributed by atoms with Gasteiger partial charge in [-0.1, -0.05) is 23.7 Å². The molecule has 2 heterocycles. The van der Waals surface area contributed by atoms with Crippen molar-refractivity contribution in [3.63, 3.8) is 0 Å². The van der Waals surface area contributed by atoms with Gasteiger partial charge in [-0.05, 0) is 25.1 Å². The highest BCUT2D eigenvalue weighted by atomic mass is 35.5. The van der Waals surface area contributed by atoms with Gasteiger partial charge in [0, 0.05) is 22.3 Å². The zero-order valence-electron chi connectivity index (χ0n) is 9.26. The molecule has 0 N–H and O–H groups in total. The van der Waals surface area contributed by atoms with Gasteiger partial charge >= 0.3 is 0 Å². The zero-order valence-corrected chi connectivity index (χ0v) is 10.0. The lowest BCUT2D eigenvalue weighted by atomic mass is 10.1. The van der Waals surface area contributed by atoms with Gasteiger partial charge in [-0.25, -0.2) is 9.50 Å². The average Bonchev–Trinajstić information content (AvgIpc) is 2.77. The Morgan fingerprint density at radius 2 is 1.88 bits per heavy atom. The summed E-state index contributed by atoms with van der Waals surface area (Å²) in [5.74, 6) is 0. The third kappa shape index (κ3) is 1.78. The van der Waals surface area contributed by atoms with Gasteiger partial charge in [-0.15, -0.1) is 0 Å². The zero-order chi connectivity index (χ0) is 11.8. The Labute approximate surface area is 104 Å². The fraction of sp³-hybridized carbons (Fsp3) is 0.0769. The highest BCUT2D eigenvalue weighted by Crippen LogP contribution is 2.22. The van der Waals surface area contributed by atoms with E-state index in [1.54, 1.807) is 6.20 Å². The molecule has 2 aromatic heterocycles. The van der Waals surface area contributed by atoms with Crippen LogP contribution in [-0.4, -0.2) is 14.6 Å². The Morgan fingerprint density at radius 1 is 1.12 bits per heavy atom. The van der Waals surface area contributed by atoms with E-state index < -0.39 is 0 Å². The third-order valence-electron chi connectivity index (χ3n) is 2.63. The normalized spacial score (nSPS) is 10.9. The highest BCUT2D eigenvalue weighted by molar-refractivity contribution is 6.30. The Hall–Kier alpha value is -1.87. The molecule has 17 heavy (non-hydrogen) atoms. The van der Waals surface area contributed by atoms with Crippen molar-refractivity contribution in [2.75, 3.05) is 0 Å². The summed E-state index contributed by atoms with van der Waals surface area (Å²) in [6, 6.07) is 11.6. The summed E-state index contributed by atoms with van der Waals surface area (Å²) in [6.45, 7) is 1.98. The van der Waals surface area contributed by atoms with Crippen molar-refractivity contribution in [3.8, 4) is 11.3 Å². The molecule has 0 aliphatic heterocycles. The first-order valence-corrected chi connectivity index (χ1v) is 5.69. The maximum atomic E-state index is 5.89. The van der Waals surface area contributed by atoms with Crippen LogP contribution in [0.4, 0.5) is 0 Å². The molecule has 3 rings (SSSR count). The van der Waals surface area contributed by atoms with Crippen molar-refractivity contribution in [2.24, 2.45) is 0 Å². The van der Waals surface area contributed by atoms with Crippen molar-refractivity contribution in [3.05, 3.63) is 53.3 Å². The smallest absolute Gasteiger partial charge is 0.155 e. The summed E-state index contributed by atoms with van der Waals surface area (Å²) in [5.41, 5.74) is 3.93. The maximum Gasteiger partial charge on any atom is 0.155 e. The van der Waals surface area contributed by atoms with Crippen LogP contribution in [0, 0.1) is 6.92 Å². The minimum absolute atomic E-state index is 0.733. The van der Waals surface area contributed by atoms with Crippen LogP contribution in [0.15, 0.2) is 42.6 Å². The van der Waals surface area contributed by atoms with Crippen molar-refractivity contribution in [2.45, 2.75) is 6.92 Å². The van der Waals surface area contributed by atoms with Crippen LogP contribution in [-0.2, 0) is 0 Å². The van der Waals surface area contributed by atoms with E-state index in [1.165, 1.54) is 0 Å². The van der Waals surface area contributed by atoms with Crippen LogP contribution < -0.4 is 0 Å². The molecule has 4 heteroatoms. The number of hydrogen-bond donors (Lipinski definition) is 0. The predicted molar refractivity (Wildman–Crippen MR) is 68.2 cm³/mol. The molecule has 0 aliphatic carbocycles. The van der Waals surface area contributed by atoms with Crippen LogP contribution in [0.5, 0.6) is 0 Å². The first-order valence-electron chi connectivity index (χ1n) is 5.31. The second kappa shape index (κ2) is 3.86. The maximum absolute atomic E-state index is 5.89. The second-order valence-corrected chi connectivity index (χ2v) is 4.33. The van der Waals surface area contributed by atoms with E-state index in [0.29, 0.717) is 0 Å². The molecule has 0 atom stereocenters. The minimum Gasteiger partial charge on any atom is -0.234 e.